The molecule has 0 saturated heterocycles. The highest BCUT2D eigenvalue weighted by molar-refractivity contribution is 8.13. The van der Waals surface area contributed by atoms with Crippen molar-refractivity contribution >= 4 is 33.4 Å². The van der Waals surface area contributed by atoms with Crippen molar-refractivity contribution < 1.29 is 0 Å². The average Bonchev–Trinajstić information content (AvgIpc) is 2.42. The van der Waals surface area contributed by atoms with E-state index in [4.69, 9.17) is 5.26 Å². The lowest BCUT2D eigenvalue weighted by molar-refractivity contribution is 0.976. The number of amidine groups is 1. The van der Waals surface area contributed by atoms with Gasteiger partial charge in [0.2, 0.25) is 0 Å². The van der Waals surface area contributed by atoms with Gasteiger partial charge in [-0.05, 0) is 18.4 Å². The number of hydrogen-bond donors (Lipinski definition) is 3. The molecule has 0 saturated carbocycles. The van der Waals surface area contributed by atoms with E-state index in [2.05, 4.69) is 20.5 Å². The molecule has 2 aromatic rings. The summed E-state index contributed by atoms with van der Waals surface area (Å²) in [7, 11) is 0. The smallest absolute Gasteiger partial charge is 0.271 e. The van der Waals surface area contributed by atoms with Gasteiger partial charge >= 0.3 is 0 Å². The van der Waals surface area contributed by atoms with Crippen LogP contribution in [0, 0.1) is 11.5 Å². The predicted octanol–water partition coefficient (Wildman–Crippen LogP) is 0.638. The summed E-state index contributed by atoms with van der Waals surface area (Å²) < 4.78 is 0. The molecule has 1 heterocycles. The zero-order valence-electron chi connectivity index (χ0n) is 9.85. The third-order valence-corrected chi connectivity index (χ3v) is 2.96. The fourth-order valence-electron chi connectivity index (χ4n) is 1.59. The maximum absolute atomic E-state index is 11.8. The van der Waals surface area contributed by atoms with E-state index in [-0.39, 0.29) is 10.8 Å². The van der Waals surface area contributed by atoms with Crippen LogP contribution in [0.25, 0.3) is 10.8 Å². The highest BCUT2D eigenvalue weighted by Gasteiger charge is 2.08. The number of aromatic amines is 2. The van der Waals surface area contributed by atoms with Crippen molar-refractivity contribution in [2.24, 2.45) is 4.99 Å². The monoisotopic (exact) mass is 275 g/mol. The van der Waals surface area contributed by atoms with Crippen molar-refractivity contribution in [3.8, 4) is 6.19 Å². The first-order chi connectivity index (χ1) is 9.17. The SMILES string of the molecule is CSC(=Nc1cccc2c(=O)[nH][nH]c(=O)c12)NC#N. The molecule has 0 bridgehead atoms. The standard InChI is InChI=1S/C11H9N5O2S/c1-19-11(13-5-12)14-7-4-2-3-6-8(7)10(18)16-15-9(6)17/h2-4H,1H3,(H,13,14)(H,15,17)(H,16,18). The Bertz CT molecular complexity index is 799. The summed E-state index contributed by atoms with van der Waals surface area (Å²) in [4.78, 5) is 27.6. The van der Waals surface area contributed by atoms with Crippen LogP contribution in [0.1, 0.15) is 0 Å². The van der Waals surface area contributed by atoms with E-state index in [1.807, 2.05) is 0 Å². The van der Waals surface area contributed by atoms with Crippen LogP contribution in [-0.4, -0.2) is 21.6 Å². The fourth-order valence-corrected chi connectivity index (χ4v) is 1.92. The van der Waals surface area contributed by atoms with E-state index in [9.17, 15) is 9.59 Å². The number of aliphatic imine (C=N–C) groups is 1. The van der Waals surface area contributed by atoms with E-state index in [0.717, 1.165) is 0 Å². The average molecular weight is 275 g/mol. The zero-order chi connectivity index (χ0) is 13.8. The van der Waals surface area contributed by atoms with Crippen molar-refractivity contribution in [2.45, 2.75) is 0 Å². The molecule has 1 aromatic heterocycles. The van der Waals surface area contributed by atoms with Crippen LogP contribution in [0.2, 0.25) is 0 Å². The molecule has 0 aliphatic rings. The zero-order valence-corrected chi connectivity index (χ0v) is 10.7. The lowest BCUT2D eigenvalue weighted by Gasteiger charge is -2.02. The van der Waals surface area contributed by atoms with Gasteiger partial charge < -0.3 is 0 Å². The Kier molecular flexibility index (Phi) is 3.68. The third kappa shape index (κ3) is 2.51. The molecular formula is C11H9N5O2S. The van der Waals surface area contributed by atoms with Gasteiger partial charge in [0.05, 0.1) is 16.5 Å². The maximum Gasteiger partial charge on any atom is 0.272 e. The van der Waals surface area contributed by atoms with Crippen LogP contribution in [0.5, 0.6) is 0 Å². The molecule has 0 fully saturated rings. The van der Waals surface area contributed by atoms with Crippen molar-refractivity contribution in [3.05, 3.63) is 38.9 Å². The Balaban J connectivity index is 2.76. The molecule has 3 N–H and O–H groups in total. The number of nitrogens with one attached hydrogen (secondary N) is 3. The largest absolute Gasteiger partial charge is 0.272 e. The summed E-state index contributed by atoms with van der Waals surface area (Å²) in [5.74, 6) is 0. The second-order valence-corrected chi connectivity index (χ2v) is 4.26. The third-order valence-electron chi connectivity index (χ3n) is 2.38. The number of H-pyrrole nitrogens is 2. The topological polar surface area (TPSA) is 114 Å². The first-order valence-electron chi connectivity index (χ1n) is 5.19. The minimum atomic E-state index is -0.439. The Hall–Kier alpha value is -2.53. The van der Waals surface area contributed by atoms with Crippen molar-refractivity contribution in [1.82, 2.24) is 15.5 Å². The number of fused-ring (bicyclic) bond motifs is 1. The lowest BCUT2D eigenvalue weighted by Crippen LogP contribution is -2.19. The molecule has 0 atom stereocenters. The number of thioether (sulfide) groups is 1. The van der Waals surface area contributed by atoms with Gasteiger partial charge in [0.25, 0.3) is 11.1 Å². The van der Waals surface area contributed by atoms with Crippen LogP contribution < -0.4 is 16.4 Å². The van der Waals surface area contributed by atoms with E-state index < -0.39 is 11.1 Å². The van der Waals surface area contributed by atoms with Crippen LogP contribution >= 0.6 is 11.8 Å². The Morgan fingerprint density at radius 1 is 1.37 bits per heavy atom. The van der Waals surface area contributed by atoms with E-state index in [0.29, 0.717) is 10.9 Å². The van der Waals surface area contributed by atoms with Gasteiger partial charge in [-0.1, -0.05) is 17.8 Å². The van der Waals surface area contributed by atoms with Gasteiger partial charge in [-0.25, -0.2) is 4.99 Å². The van der Waals surface area contributed by atoms with Crippen LogP contribution in [0.4, 0.5) is 5.69 Å². The normalized spacial score (nSPS) is 11.3. The number of benzene rings is 1. The second-order valence-electron chi connectivity index (χ2n) is 3.47. The molecule has 2 rings (SSSR count). The molecule has 19 heavy (non-hydrogen) atoms. The fraction of sp³-hybridized carbons (Fsp3) is 0.0909. The predicted molar refractivity (Wildman–Crippen MR) is 74.5 cm³/mol. The summed E-state index contributed by atoms with van der Waals surface area (Å²) in [6.07, 6.45) is 3.50. The summed E-state index contributed by atoms with van der Waals surface area (Å²) in [5.41, 5.74) is -0.506. The van der Waals surface area contributed by atoms with Crippen molar-refractivity contribution in [3.63, 3.8) is 0 Å². The molecule has 0 aliphatic heterocycles. The van der Waals surface area contributed by atoms with E-state index in [1.54, 1.807) is 30.6 Å². The molecule has 1 aromatic carbocycles. The molecule has 0 radical (unpaired) electrons. The van der Waals surface area contributed by atoms with Gasteiger partial charge in [-0.3, -0.25) is 25.1 Å². The number of nitrogens with zero attached hydrogens (tertiary/aromatic N) is 2. The number of hydrogen-bond acceptors (Lipinski definition) is 5. The van der Waals surface area contributed by atoms with Crippen LogP contribution in [-0.2, 0) is 0 Å². The Morgan fingerprint density at radius 3 is 2.79 bits per heavy atom. The van der Waals surface area contributed by atoms with Gasteiger partial charge in [0, 0.05) is 0 Å². The van der Waals surface area contributed by atoms with Crippen LogP contribution in [0.15, 0.2) is 32.8 Å². The first-order valence-corrected chi connectivity index (χ1v) is 6.41. The number of nitriles is 1. The number of aromatic nitrogens is 2. The maximum atomic E-state index is 11.8. The van der Waals surface area contributed by atoms with E-state index >= 15 is 0 Å². The quantitative estimate of drug-likeness (QED) is 0.306. The molecular weight excluding hydrogens is 266 g/mol. The minimum absolute atomic E-state index is 0.192. The summed E-state index contributed by atoms with van der Waals surface area (Å²) >= 11 is 1.23. The Morgan fingerprint density at radius 2 is 2.11 bits per heavy atom. The highest BCUT2D eigenvalue weighted by Crippen LogP contribution is 2.21. The summed E-state index contributed by atoms with van der Waals surface area (Å²) in [6, 6.07) is 4.77. The second kappa shape index (κ2) is 5.41. The Labute approximate surface area is 111 Å². The number of rotatable bonds is 1. The molecule has 96 valence electrons. The van der Waals surface area contributed by atoms with E-state index in [1.165, 1.54) is 11.8 Å². The van der Waals surface area contributed by atoms with Gasteiger partial charge in [-0.15, -0.1) is 0 Å². The van der Waals surface area contributed by atoms with Crippen molar-refractivity contribution in [2.75, 3.05) is 6.26 Å². The van der Waals surface area contributed by atoms with Gasteiger partial charge in [-0.2, -0.15) is 5.26 Å². The minimum Gasteiger partial charge on any atom is -0.271 e. The molecule has 8 heteroatoms. The highest BCUT2D eigenvalue weighted by atomic mass is 32.2. The molecule has 0 unspecified atom stereocenters. The molecule has 0 amide bonds. The molecule has 0 spiro atoms. The molecule has 7 nitrogen and oxygen atoms in total. The lowest BCUT2D eigenvalue weighted by atomic mass is 10.1. The summed E-state index contributed by atoms with van der Waals surface area (Å²) in [6.45, 7) is 0. The first kappa shape index (κ1) is 12.9. The summed E-state index contributed by atoms with van der Waals surface area (Å²) in [5, 5.41) is 16.3. The van der Waals surface area contributed by atoms with Gasteiger partial charge in [0.15, 0.2) is 11.4 Å². The van der Waals surface area contributed by atoms with Gasteiger partial charge in [0.1, 0.15) is 0 Å². The van der Waals surface area contributed by atoms with Crippen molar-refractivity contribution in [1.29, 1.82) is 5.26 Å². The van der Waals surface area contributed by atoms with Crippen LogP contribution in [0.3, 0.4) is 0 Å². The molecule has 0 aliphatic carbocycles.